The van der Waals surface area contributed by atoms with E-state index in [0.29, 0.717) is 12.0 Å². The number of anilines is 1. The van der Waals surface area contributed by atoms with Gasteiger partial charge in [0.25, 0.3) is 0 Å². The molecule has 1 N–H and O–H groups in total. The first kappa shape index (κ1) is 13.0. The Morgan fingerprint density at radius 3 is 2.47 bits per heavy atom. The van der Waals surface area contributed by atoms with Crippen molar-refractivity contribution in [2.24, 2.45) is 0 Å². The van der Waals surface area contributed by atoms with Crippen molar-refractivity contribution in [2.75, 3.05) is 5.32 Å². The highest BCUT2D eigenvalue weighted by molar-refractivity contribution is 9.10. The number of nitrogens with one attached hydrogen (secondary N) is 1. The standard InChI is InChI=1S/C16H15BrClN/c17-15-7-6-13(10-16(15)18)19-14-8-12(9-14)11-4-2-1-3-5-11/h1-7,10,12,14,19H,8-9H2. The Bertz CT molecular complexity index is 564. The number of halogens is 2. The van der Waals surface area contributed by atoms with Crippen LogP contribution in [-0.2, 0) is 0 Å². The van der Waals surface area contributed by atoms with Gasteiger partial charge in [0.2, 0.25) is 0 Å². The fourth-order valence-electron chi connectivity index (χ4n) is 2.55. The van der Waals surface area contributed by atoms with Gasteiger partial charge in [0.1, 0.15) is 0 Å². The molecule has 2 aromatic carbocycles. The Hall–Kier alpha value is -0.990. The largest absolute Gasteiger partial charge is 0.382 e. The molecule has 0 heterocycles. The van der Waals surface area contributed by atoms with Crippen LogP contribution in [0.4, 0.5) is 5.69 Å². The summed E-state index contributed by atoms with van der Waals surface area (Å²) in [5.74, 6) is 0.699. The van der Waals surface area contributed by atoms with E-state index < -0.39 is 0 Å². The Balaban J connectivity index is 1.58. The highest BCUT2D eigenvalue weighted by Gasteiger charge is 2.29. The van der Waals surface area contributed by atoms with Gasteiger partial charge in [-0.15, -0.1) is 0 Å². The summed E-state index contributed by atoms with van der Waals surface area (Å²) in [5.41, 5.74) is 2.55. The summed E-state index contributed by atoms with van der Waals surface area (Å²) >= 11 is 9.50. The lowest BCUT2D eigenvalue weighted by atomic mass is 9.76. The topological polar surface area (TPSA) is 12.0 Å². The second kappa shape index (κ2) is 5.56. The summed E-state index contributed by atoms with van der Waals surface area (Å²) < 4.78 is 0.940. The van der Waals surface area contributed by atoms with E-state index in [1.54, 1.807) is 0 Å². The highest BCUT2D eigenvalue weighted by Crippen LogP contribution is 2.38. The van der Waals surface area contributed by atoms with Gasteiger partial charge in [0.15, 0.2) is 0 Å². The van der Waals surface area contributed by atoms with Crippen LogP contribution >= 0.6 is 27.5 Å². The predicted octanol–water partition coefficient (Wildman–Crippen LogP) is 5.46. The third kappa shape index (κ3) is 2.96. The average Bonchev–Trinajstić information content (AvgIpc) is 2.38. The zero-order valence-corrected chi connectivity index (χ0v) is 12.8. The summed E-state index contributed by atoms with van der Waals surface area (Å²) in [6, 6.07) is 17.3. The molecule has 98 valence electrons. The maximum absolute atomic E-state index is 6.10. The maximum Gasteiger partial charge on any atom is 0.0568 e. The Kier molecular flexibility index (Phi) is 3.81. The third-order valence-electron chi connectivity index (χ3n) is 3.70. The van der Waals surface area contributed by atoms with Crippen LogP contribution in [-0.4, -0.2) is 6.04 Å². The number of benzene rings is 2. The molecule has 0 aromatic heterocycles. The molecule has 0 spiro atoms. The molecule has 0 unspecified atom stereocenters. The maximum atomic E-state index is 6.10. The Labute approximate surface area is 127 Å². The zero-order chi connectivity index (χ0) is 13.2. The third-order valence-corrected chi connectivity index (χ3v) is 4.93. The summed E-state index contributed by atoms with van der Waals surface area (Å²) in [6.07, 6.45) is 2.38. The number of hydrogen-bond acceptors (Lipinski definition) is 1. The van der Waals surface area contributed by atoms with Crippen LogP contribution in [0.15, 0.2) is 53.0 Å². The molecule has 1 aliphatic carbocycles. The van der Waals surface area contributed by atoms with Crippen molar-refractivity contribution in [1.29, 1.82) is 0 Å². The first-order valence-electron chi connectivity index (χ1n) is 6.49. The summed E-state index contributed by atoms with van der Waals surface area (Å²) in [6.45, 7) is 0. The van der Waals surface area contributed by atoms with Crippen molar-refractivity contribution >= 4 is 33.2 Å². The lowest BCUT2D eigenvalue weighted by Gasteiger charge is -2.37. The van der Waals surface area contributed by atoms with Crippen LogP contribution in [0.3, 0.4) is 0 Å². The Morgan fingerprint density at radius 1 is 1.05 bits per heavy atom. The highest BCUT2D eigenvalue weighted by atomic mass is 79.9. The van der Waals surface area contributed by atoms with Crippen LogP contribution in [0.1, 0.15) is 24.3 Å². The van der Waals surface area contributed by atoms with Gasteiger partial charge in [-0.25, -0.2) is 0 Å². The molecule has 0 radical (unpaired) electrons. The van der Waals surface area contributed by atoms with E-state index in [0.717, 1.165) is 15.2 Å². The van der Waals surface area contributed by atoms with Gasteiger partial charge in [-0.2, -0.15) is 0 Å². The van der Waals surface area contributed by atoms with E-state index in [4.69, 9.17) is 11.6 Å². The molecule has 0 aliphatic heterocycles. The van der Waals surface area contributed by atoms with E-state index in [9.17, 15) is 0 Å². The molecule has 1 saturated carbocycles. The minimum atomic E-state index is 0.558. The average molecular weight is 337 g/mol. The van der Waals surface area contributed by atoms with Crippen LogP contribution in [0.5, 0.6) is 0 Å². The van der Waals surface area contributed by atoms with E-state index in [1.165, 1.54) is 18.4 Å². The molecule has 3 rings (SSSR count). The quantitative estimate of drug-likeness (QED) is 0.784. The molecule has 0 atom stereocenters. The predicted molar refractivity (Wildman–Crippen MR) is 85.0 cm³/mol. The molecule has 0 amide bonds. The van der Waals surface area contributed by atoms with Gasteiger partial charge in [-0.05, 0) is 58.5 Å². The van der Waals surface area contributed by atoms with Crippen molar-refractivity contribution in [2.45, 2.75) is 24.8 Å². The normalized spacial score (nSPS) is 21.8. The fourth-order valence-corrected chi connectivity index (χ4v) is 2.98. The van der Waals surface area contributed by atoms with Gasteiger partial charge >= 0.3 is 0 Å². The molecule has 3 heteroatoms. The molecular formula is C16H15BrClN. The first-order valence-corrected chi connectivity index (χ1v) is 7.66. The van der Waals surface area contributed by atoms with E-state index >= 15 is 0 Å². The minimum absolute atomic E-state index is 0.558. The van der Waals surface area contributed by atoms with Gasteiger partial charge in [0, 0.05) is 16.2 Å². The van der Waals surface area contributed by atoms with Gasteiger partial charge in [0.05, 0.1) is 5.02 Å². The lowest BCUT2D eigenvalue weighted by Crippen LogP contribution is -2.33. The van der Waals surface area contributed by atoms with Crippen molar-refractivity contribution in [3.63, 3.8) is 0 Å². The molecule has 0 bridgehead atoms. The Morgan fingerprint density at radius 2 is 1.79 bits per heavy atom. The smallest absolute Gasteiger partial charge is 0.0568 e. The molecule has 1 nitrogen and oxygen atoms in total. The summed E-state index contributed by atoms with van der Waals surface area (Å²) in [5, 5.41) is 4.29. The molecule has 1 aliphatic rings. The molecule has 1 fully saturated rings. The van der Waals surface area contributed by atoms with Gasteiger partial charge < -0.3 is 5.32 Å². The van der Waals surface area contributed by atoms with Crippen molar-refractivity contribution in [1.82, 2.24) is 0 Å². The summed E-state index contributed by atoms with van der Waals surface area (Å²) in [4.78, 5) is 0. The van der Waals surface area contributed by atoms with Crippen LogP contribution in [0.25, 0.3) is 0 Å². The molecule has 2 aromatic rings. The van der Waals surface area contributed by atoms with Crippen LogP contribution in [0.2, 0.25) is 5.02 Å². The monoisotopic (exact) mass is 335 g/mol. The van der Waals surface area contributed by atoms with Crippen molar-refractivity contribution in [3.05, 3.63) is 63.6 Å². The van der Waals surface area contributed by atoms with Crippen LogP contribution < -0.4 is 5.32 Å². The second-order valence-electron chi connectivity index (χ2n) is 5.05. The van der Waals surface area contributed by atoms with E-state index in [1.807, 2.05) is 12.1 Å². The lowest BCUT2D eigenvalue weighted by molar-refractivity contribution is 0.374. The number of rotatable bonds is 3. The summed E-state index contributed by atoms with van der Waals surface area (Å²) in [7, 11) is 0. The molecular weight excluding hydrogens is 322 g/mol. The second-order valence-corrected chi connectivity index (χ2v) is 6.31. The zero-order valence-electron chi connectivity index (χ0n) is 10.4. The number of hydrogen-bond donors (Lipinski definition) is 1. The van der Waals surface area contributed by atoms with Gasteiger partial charge in [-0.1, -0.05) is 41.9 Å². The first-order chi connectivity index (χ1) is 9.22. The van der Waals surface area contributed by atoms with Crippen LogP contribution in [0, 0.1) is 0 Å². The van der Waals surface area contributed by atoms with E-state index in [-0.39, 0.29) is 0 Å². The molecule has 0 saturated heterocycles. The van der Waals surface area contributed by atoms with Crippen molar-refractivity contribution < 1.29 is 0 Å². The minimum Gasteiger partial charge on any atom is -0.382 e. The van der Waals surface area contributed by atoms with E-state index in [2.05, 4.69) is 57.6 Å². The SMILES string of the molecule is Clc1cc(NC2CC(c3ccccc3)C2)ccc1Br. The molecule has 19 heavy (non-hydrogen) atoms. The fraction of sp³-hybridized carbons (Fsp3) is 0.250. The van der Waals surface area contributed by atoms with Crippen molar-refractivity contribution in [3.8, 4) is 0 Å². The van der Waals surface area contributed by atoms with Gasteiger partial charge in [-0.3, -0.25) is 0 Å².